The van der Waals surface area contributed by atoms with Crippen molar-refractivity contribution in [1.82, 2.24) is 9.62 Å². The topological polar surface area (TPSA) is 84.9 Å². The Morgan fingerprint density at radius 3 is 2.57 bits per heavy atom. The van der Waals surface area contributed by atoms with E-state index >= 15 is 0 Å². The summed E-state index contributed by atoms with van der Waals surface area (Å²) in [6.07, 6.45) is 0. The highest BCUT2D eigenvalue weighted by Crippen LogP contribution is 2.24. The molecule has 1 unspecified atom stereocenters. The van der Waals surface area contributed by atoms with Gasteiger partial charge in [0.1, 0.15) is 0 Å². The molecule has 162 valence electrons. The third-order valence-electron chi connectivity index (χ3n) is 5.28. The normalized spacial score (nSPS) is 16.2. The molecule has 0 spiro atoms. The first-order valence-electron chi connectivity index (χ1n) is 9.89. The molecule has 0 amide bonds. The molecule has 2 aromatic carbocycles. The molecule has 8 heteroatoms. The van der Waals surface area contributed by atoms with Gasteiger partial charge >= 0.3 is 5.97 Å². The van der Waals surface area contributed by atoms with E-state index < -0.39 is 16.0 Å². The molecule has 3 rings (SSSR count). The highest BCUT2D eigenvalue weighted by atomic mass is 32.2. The summed E-state index contributed by atoms with van der Waals surface area (Å²) in [5, 5.41) is 0. The standard InChI is InChI=1S/C22H28N2O5S/c1-16-5-4-6-18(13-16)20(24-9-11-29-12-10-24)15-23-30(26,27)21-14-19(22(25)28-3)8-7-17(21)2/h4-8,13-14,20,23H,9-12,15H2,1-3H3. The number of rotatable bonds is 7. The lowest BCUT2D eigenvalue weighted by Gasteiger charge is -2.35. The first kappa shape index (κ1) is 22.4. The zero-order valence-electron chi connectivity index (χ0n) is 17.6. The Labute approximate surface area is 178 Å². The lowest BCUT2D eigenvalue weighted by atomic mass is 10.0. The van der Waals surface area contributed by atoms with Gasteiger partial charge in [0.15, 0.2) is 0 Å². The average molecular weight is 433 g/mol. The van der Waals surface area contributed by atoms with Crippen LogP contribution in [0.5, 0.6) is 0 Å². The fourth-order valence-electron chi connectivity index (χ4n) is 3.63. The van der Waals surface area contributed by atoms with Crippen molar-refractivity contribution in [3.63, 3.8) is 0 Å². The van der Waals surface area contributed by atoms with Crippen molar-refractivity contribution in [1.29, 1.82) is 0 Å². The summed E-state index contributed by atoms with van der Waals surface area (Å²) in [5.74, 6) is -0.572. The van der Waals surface area contributed by atoms with E-state index in [9.17, 15) is 13.2 Å². The molecule has 0 bridgehead atoms. The average Bonchev–Trinajstić information content (AvgIpc) is 2.74. The molecule has 1 aliphatic heterocycles. The van der Waals surface area contributed by atoms with Crippen molar-refractivity contribution < 1.29 is 22.7 Å². The third-order valence-corrected chi connectivity index (χ3v) is 6.84. The maximum absolute atomic E-state index is 13.1. The smallest absolute Gasteiger partial charge is 0.337 e. The molecular formula is C22H28N2O5S. The molecule has 1 atom stereocenters. The zero-order valence-corrected chi connectivity index (χ0v) is 18.4. The Balaban J connectivity index is 1.86. The van der Waals surface area contributed by atoms with Crippen LogP contribution in [0.2, 0.25) is 0 Å². The number of nitrogens with zero attached hydrogens (tertiary/aromatic N) is 1. The molecule has 1 fully saturated rings. The Kier molecular flexibility index (Phi) is 7.25. The van der Waals surface area contributed by atoms with Crippen LogP contribution in [0, 0.1) is 13.8 Å². The minimum atomic E-state index is -3.82. The number of ether oxygens (including phenoxy) is 2. The van der Waals surface area contributed by atoms with Gasteiger partial charge < -0.3 is 9.47 Å². The Hall–Kier alpha value is -2.26. The lowest BCUT2D eigenvalue weighted by Crippen LogP contribution is -2.43. The fourth-order valence-corrected chi connectivity index (χ4v) is 4.93. The number of methoxy groups -OCH3 is 1. The molecule has 2 aromatic rings. The van der Waals surface area contributed by atoms with E-state index in [4.69, 9.17) is 9.47 Å². The molecule has 30 heavy (non-hydrogen) atoms. The van der Waals surface area contributed by atoms with Gasteiger partial charge in [-0.25, -0.2) is 17.9 Å². The van der Waals surface area contributed by atoms with Gasteiger partial charge in [-0.1, -0.05) is 35.9 Å². The molecule has 1 heterocycles. The molecule has 0 aliphatic carbocycles. The van der Waals surface area contributed by atoms with Gasteiger partial charge in [-0.05, 0) is 37.1 Å². The van der Waals surface area contributed by atoms with E-state index in [0.717, 1.165) is 24.2 Å². The van der Waals surface area contributed by atoms with E-state index in [1.165, 1.54) is 13.2 Å². The maximum atomic E-state index is 13.1. The predicted octanol–water partition coefficient (Wildman–Crippen LogP) is 2.44. The van der Waals surface area contributed by atoms with Crippen LogP contribution in [0.3, 0.4) is 0 Å². The molecule has 0 saturated carbocycles. The number of nitrogens with one attached hydrogen (secondary N) is 1. The molecule has 1 aliphatic rings. The van der Waals surface area contributed by atoms with Crippen LogP contribution in [0.4, 0.5) is 0 Å². The number of hydrogen-bond donors (Lipinski definition) is 1. The monoisotopic (exact) mass is 432 g/mol. The molecular weight excluding hydrogens is 404 g/mol. The van der Waals surface area contributed by atoms with Crippen molar-refractivity contribution in [2.45, 2.75) is 24.8 Å². The van der Waals surface area contributed by atoms with E-state index in [0.29, 0.717) is 18.8 Å². The van der Waals surface area contributed by atoms with E-state index in [1.54, 1.807) is 19.1 Å². The zero-order chi connectivity index (χ0) is 21.7. The summed E-state index contributed by atoms with van der Waals surface area (Å²) < 4.78 is 39.1. The van der Waals surface area contributed by atoms with Gasteiger partial charge in [-0.2, -0.15) is 0 Å². The molecule has 1 N–H and O–H groups in total. The van der Waals surface area contributed by atoms with Gasteiger partial charge in [0.05, 0.1) is 30.8 Å². The second-order valence-corrected chi connectivity index (χ2v) is 9.14. The van der Waals surface area contributed by atoms with Crippen molar-refractivity contribution in [2.24, 2.45) is 0 Å². The summed E-state index contributed by atoms with van der Waals surface area (Å²) in [4.78, 5) is 14.2. The SMILES string of the molecule is COC(=O)c1ccc(C)c(S(=O)(=O)NCC(c2cccc(C)c2)N2CCOCC2)c1. The maximum Gasteiger partial charge on any atom is 0.337 e. The minimum absolute atomic E-state index is 0.0790. The second-order valence-electron chi connectivity index (χ2n) is 7.40. The number of morpholine rings is 1. The molecule has 0 radical (unpaired) electrons. The third kappa shape index (κ3) is 5.26. The van der Waals surface area contributed by atoms with Crippen LogP contribution < -0.4 is 4.72 Å². The highest BCUT2D eigenvalue weighted by Gasteiger charge is 2.26. The molecule has 0 aromatic heterocycles. The number of hydrogen-bond acceptors (Lipinski definition) is 6. The first-order chi connectivity index (χ1) is 14.3. The fraction of sp³-hybridized carbons (Fsp3) is 0.409. The van der Waals surface area contributed by atoms with Crippen molar-refractivity contribution in [3.05, 3.63) is 64.7 Å². The number of carbonyl (C=O) groups is 1. The summed E-state index contributed by atoms with van der Waals surface area (Å²) in [6.45, 7) is 6.65. The summed E-state index contributed by atoms with van der Waals surface area (Å²) in [6, 6.07) is 12.5. The van der Waals surface area contributed by atoms with Crippen molar-refractivity contribution in [2.75, 3.05) is 40.0 Å². The van der Waals surface area contributed by atoms with Crippen LogP contribution >= 0.6 is 0 Å². The largest absolute Gasteiger partial charge is 0.465 e. The Morgan fingerprint density at radius 2 is 1.90 bits per heavy atom. The first-order valence-corrected chi connectivity index (χ1v) is 11.4. The van der Waals surface area contributed by atoms with E-state index in [1.807, 2.05) is 25.1 Å². The van der Waals surface area contributed by atoms with E-state index in [-0.39, 0.29) is 23.0 Å². The van der Waals surface area contributed by atoms with Crippen LogP contribution in [0.1, 0.15) is 33.1 Å². The van der Waals surface area contributed by atoms with Gasteiger partial charge in [0, 0.05) is 25.7 Å². The van der Waals surface area contributed by atoms with Gasteiger partial charge in [-0.15, -0.1) is 0 Å². The van der Waals surface area contributed by atoms with Crippen LogP contribution in [-0.4, -0.2) is 59.2 Å². The number of sulfonamides is 1. The predicted molar refractivity (Wildman–Crippen MR) is 114 cm³/mol. The van der Waals surface area contributed by atoms with Gasteiger partial charge in [0.2, 0.25) is 10.0 Å². The Morgan fingerprint density at radius 1 is 1.17 bits per heavy atom. The number of carbonyl (C=O) groups excluding carboxylic acids is 1. The lowest BCUT2D eigenvalue weighted by molar-refractivity contribution is 0.0172. The highest BCUT2D eigenvalue weighted by molar-refractivity contribution is 7.89. The van der Waals surface area contributed by atoms with Crippen molar-refractivity contribution in [3.8, 4) is 0 Å². The van der Waals surface area contributed by atoms with Crippen molar-refractivity contribution >= 4 is 16.0 Å². The molecule has 7 nitrogen and oxygen atoms in total. The Bertz CT molecular complexity index is 1000. The number of esters is 1. The number of benzene rings is 2. The minimum Gasteiger partial charge on any atom is -0.465 e. The summed E-state index contributed by atoms with van der Waals surface area (Å²) in [5.41, 5.74) is 2.94. The summed E-state index contributed by atoms with van der Waals surface area (Å²) >= 11 is 0. The second kappa shape index (κ2) is 9.70. The quantitative estimate of drug-likeness (QED) is 0.677. The van der Waals surface area contributed by atoms with Crippen LogP contribution in [-0.2, 0) is 19.5 Å². The van der Waals surface area contributed by atoms with Gasteiger partial charge in [-0.3, -0.25) is 4.90 Å². The van der Waals surface area contributed by atoms with E-state index in [2.05, 4.69) is 15.7 Å². The van der Waals surface area contributed by atoms with Crippen LogP contribution in [0.15, 0.2) is 47.4 Å². The summed E-state index contributed by atoms with van der Waals surface area (Å²) in [7, 11) is -2.56. The van der Waals surface area contributed by atoms with Crippen LogP contribution in [0.25, 0.3) is 0 Å². The van der Waals surface area contributed by atoms with Gasteiger partial charge in [0.25, 0.3) is 0 Å². The molecule has 1 saturated heterocycles. The number of aryl methyl sites for hydroxylation is 2.